The van der Waals surface area contributed by atoms with Crippen molar-refractivity contribution in [3.05, 3.63) is 24.2 Å². The van der Waals surface area contributed by atoms with Gasteiger partial charge in [0, 0.05) is 24.4 Å². The maximum atomic E-state index is 12.0. The average molecular weight is 297 g/mol. The lowest BCUT2D eigenvalue weighted by Crippen LogP contribution is -2.20. The molecule has 21 heavy (non-hydrogen) atoms. The van der Waals surface area contributed by atoms with Crippen LogP contribution in [0.2, 0.25) is 0 Å². The Kier molecular flexibility index (Phi) is 3.54. The van der Waals surface area contributed by atoms with E-state index in [1.165, 1.54) is 18.3 Å². The van der Waals surface area contributed by atoms with E-state index in [2.05, 4.69) is 19.9 Å². The minimum absolute atomic E-state index is 0.163. The summed E-state index contributed by atoms with van der Waals surface area (Å²) in [5, 5.41) is 3.87. The fourth-order valence-electron chi connectivity index (χ4n) is 2.18. The van der Waals surface area contributed by atoms with E-state index in [0.717, 1.165) is 12.8 Å². The van der Waals surface area contributed by atoms with Gasteiger partial charge in [-0.25, -0.2) is 4.98 Å². The zero-order valence-corrected chi connectivity index (χ0v) is 11.3. The van der Waals surface area contributed by atoms with E-state index in [1.54, 1.807) is 0 Å². The Morgan fingerprint density at radius 3 is 2.86 bits per heavy atom. The molecule has 0 aliphatic carbocycles. The molecular formula is C13H13F2N3O3. The molecule has 1 atom stereocenters. The Morgan fingerprint density at radius 1 is 1.38 bits per heavy atom. The summed E-state index contributed by atoms with van der Waals surface area (Å²) in [5.74, 6) is 0.573. The number of pyridine rings is 1. The van der Waals surface area contributed by atoms with Gasteiger partial charge in [0.1, 0.15) is 5.60 Å². The standard InChI is InChI=1S/C13H13F2N3O3/c1-13(5-2-6-19-13)11-17-10(18-21-11)8-3-4-9(16-7-8)20-12(14)15/h3-4,7,12H,2,5-6H2,1H3. The summed E-state index contributed by atoms with van der Waals surface area (Å²) < 4.78 is 39.1. The van der Waals surface area contributed by atoms with E-state index >= 15 is 0 Å². The normalized spacial score (nSPS) is 21.9. The highest BCUT2D eigenvalue weighted by Gasteiger charge is 2.37. The number of hydrogen-bond donors (Lipinski definition) is 0. The SMILES string of the molecule is CC1(c2nc(-c3ccc(OC(F)F)nc3)no2)CCCO1. The van der Waals surface area contributed by atoms with Crippen LogP contribution in [-0.2, 0) is 10.3 Å². The monoisotopic (exact) mass is 297 g/mol. The van der Waals surface area contributed by atoms with E-state index < -0.39 is 12.2 Å². The van der Waals surface area contributed by atoms with Crippen molar-refractivity contribution in [2.75, 3.05) is 6.61 Å². The van der Waals surface area contributed by atoms with Crippen molar-refractivity contribution in [2.24, 2.45) is 0 Å². The summed E-state index contributed by atoms with van der Waals surface area (Å²) in [6.07, 6.45) is 3.10. The number of halogens is 2. The van der Waals surface area contributed by atoms with Crippen molar-refractivity contribution in [1.82, 2.24) is 15.1 Å². The number of alkyl halides is 2. The molecule has 0 bridgehead atoms. The summed E-state index contributed by atoms with van der Waals surface area (Å²) in [7, 11) is 0. The molecule has 1 unspecified atom stereocenters. The predicted molar refractivity (Wildman–Crippen MR) is 66.7 cm³/mol. The van der Waals surface area contributed by atoms with Crippen LogP contribution in [0.1, 0.15) is 25.7 Å². The van der Waals surface area contributed by atoms with Gasteiger partial charge in [-0.05, 0) is 25.8 Å². The molecule has 3 rings (SSSR count). The van der Waals surface area contributed by atoms with Crippen molar-refractivity contribution in [3.63, 3.8) is 0 Å². The van der Waals surface area contributed by atoms with Gasteiger partial charge in [-0.1, -0.05) is 5.16 Å². The molecule has 2 aromatic rings. The fourth-order valence-corrected chi connectivity index (χ4v) is 2.18. The van der Waals surface area contributed by atoms with Crippen molar-refractivity contribution >= 4 is 0 Å². The van der Waals surface area contributed by atoms with E-state index in [0.29, 0.717) is 23.9 Å². The molecule has 0 aromatic carbocycles. The van der Waals surface area contributed by atoms with Gasteiger partial charge < -0.3 is 14.0 Å². The van der Waals surface area contributed by atoms with E-state index in [4.69, 9.17) is 9.26 Å². The summed E-state index contributed by atoms with van der Waals surface area (Å²) in [4.78, 5) is 8.06. The first-order valence-electron chi connectivity index (χ1n) is 6.46. The zero-order chi connectivity index (χ0) is 14.9. The van der Waals surface area contributed by atoms with Crippen LogP contribution < -0.4 is 4.74 Å². The number of aromatic nitrogens is 3. The molecule has 0 saturated carbocycles. The molecule has 1 fully saturated rings. The Hall–Kier alpha value is -2.09. The van der Waals surface area contributed by atoms with Gasteiger partial charge in [-0.3, -0.25) is 0 Å². The number of ether oxygens (including phenoxy) is 2. The van der Waals surface area contributed by atoms with Gasteiger partial charge in [-0.15, -0.1) is 0 Å². The first-order valence-corrected chi connectivity index (χ1v) is 6.46. The van der Waals surface area contributed by atoms with Crippen molar-refractivity contribution < 1.29 is 22.8 Å². The highest BCUT2D eigenvalue weighted by atomic mass is 19.3. The largest absolute Gasteiger partial charge is 0.417 e. The minimum atomic E-state index is -2.90. The van der Waals surface area contributed by atoms with Gasteiger partial charge in [0.25, 0.3) is 5.89 Å². The molecule has 2 aromatic heterocycles. The maximum Gasteiger partial charge on any atom is 0.388 e. The van der Waals surface area contributed by atoms with Crippen molar-refractivity contribution in [1.29, 1.82) is 0 Å². The van der Waals surface area contributed by atoms with Gasteiger partial charge in [-0.2, -0.15) is 13.8 Å². The highest BCUT2D eigenvalue weighted by Crippen LogP contribution is 2.35. The van der Waals surface area contributed by atoms with E-state index in [1.807, 2.05) is 6.92 Å². The van der Waals surface area contributed by atoms with Crippen LogP contribution in [0.5, 0.6) is 5.88 Å². The lowest BCUT2D eigenvalue weighted by Gasteiger charge is -2.16. The highest BCUT2D eigenvalue weighted by molar-refractivity contribution is 5.53. The Balaban J connectivity index is 1.80. The quantitative estimate of drug-likeness (QED) is 0.864. The Labute approximate surface area is 119 Å². The molecular weight excluding hydrogens is 284 g/mol. The lowest BCUT2D eigenvalue weighted by atomic mass is 10.0. The molecule has 0 N–H and O–H groups in total. The predicted octanol–water partition coefficient (Wildman–Crippen LogP) is 2.76. The molecule has 0 spiro atoms. The van der Waals surface area contributed by atoms with Crippen LogP contribution in [0.3, 0.4) is 0 Å². The van der Waals surface area contributed by atoms with Crippen LogP contribution in [0.25, 0.3) is 11.4 Å². The molecule has 112 valence electrons. The summed E-state index contributed by atoms with van der Waals surface area (Å²) in [6, 6.07) is 2.86. The van der Waals surface area contributed by atoms with Gasteiger partial charge in [0.05, 0.1) is 0 Å². The van der Waals surface area contributed by atoms with Gasteiger partial charge in [0.2, 0.25) is 11.7 Å². The molecule has 1 saturated heterocycles. The second kappa shape index (κ2) is 5.36. The molecule has 8 heteroatoms. The zero-order valence-electron chi connectivity index (χ0n) is 11.3. The van der Waals surface area contributed by atoms with Crippen LogP contribution in [0.15, 0.2) is 22.9 Å². The third-order valence-electron chi connectivity index (χ3n) is 3.30. The maximum absolute atomic E-state index is 12.0. The minimum Gasteiger partial charge on any atom is -0.417 e. The molecule has 6 nitrogen and oxygen atoms in total. The van der Waals surface area contributed by atoms with E-state index in [9.17, 15) is 8.78 Å². The summed E-state index contributed by atoms with van der Waals surface area (Å²) >= 11 is 0. The third-order valence-corrected chi connectivity index (χ3v) is 3.30. The molecule has 0 amide bonds. The third kappa shape index (κ3) is 2.85. The van der Waals surface area contributed by atoms with Crippen LogP contribution in [0, 0.1) is 0 Å². The van der Waals surface area contributed by atoms with Gasteiger partial charge in [0.15, 0.2) is 0 Å². The first kappa shape index (κ1) is 13.9. The smallest absolute Gasteiger partial charge is 0.388 e. The number of hydrogen-bond acceptors (Lipinski definition) is 6. The van der Waals surface area contributed by atoms with Crippen LogP contribution in [0.4, 0.5) is 8.78 Å². The second-order valence-electron chi connectivity index (χ2n) is 4.87. The van der Waals surface area contributed by atoms with Gasteiger partial charge >= 0.3 is 6.61 Å². The lowest BCUT2D eigenvalue weighted by molar-refractivity contribution is -0.0528. The summed E-state index contributed by atoms with van der Waals surface area (Å²) in [6.45, 7) is -0.343. The first-order chi connectivity index (χ1) is 10.1. The topological polar surface area (TPSA) is 70.3 Å². The van der Waals surface area contributed by atoms with Crippen LogP contribution >= 0.6 is 0 Å². The molecule has 1 aliphatic rings. The Bertz CT molecular complexity index is 609. The van der Waals surface area contributed by atoms with Crippen molar-refractivity contribution in [2.45, 2.75) is 32.0 Å². The number of rotatable bonds is 4. The fraction of sp³-hybridized carbons (Fsp3) is 0.462. The summed E-state index contributed by atoms with van der Waals surface area (Å²) in [5.41, 5.74) is -0.00886. The molecule has 1 aliphatic heterocycles. The van der Waals surface area contributed by atoms with Crippen LogP contribution in [-0.4, -0.2) is 28.3 Å². The molecule has 0 radical (unpaired) electrons. The van der Waals surface area contributed by atoms with E-state index in [-0.39, 0.29) is 5.88 Å². The second-order valence-corrected chi connectivity index (χ2v) is 4.87. The van der Waals surface area contributed by atoms with Crippen molar-refractivity contribution in [3.8, 4) is 17.3 Å². The molecule has 3 heterocycles. The Morgan fingerprint density at radius 2 is 2.24 bits per heavy atom. The number of nitrogens with zero attached hydrogens (tertiary/aromatic N) is 3. The average Bonchev–Trinajstić information content (AvgIpc) is 3.09.